The standard InChI is InChI=1S/C15H16N2O5/c1-10(2)13-9-22-15(19)16(13)14(18)8-5-11-3-6-12(7-4-11)17(20)21/h3-8,10,13H,9H2,1-2H3/t13-/m1/s1. The Morgan fingerprint density at radius 2 is 2.05 bits per heavy atom. The molecule has 1 aromatic carbocycles. The molecule has 0 radical (unpaired) electrons. The molecule has 0 unspecified atom stereocenters. The van der Waals surface area contributed by atoms with Crippen molar-refractivity contribution in [1.29, 1.82) is 0 Å². The van der Waals surface area contributed by atoms with Crippen molar-refractivity contribution < 1.29 is 19.2 Å². The van der Waals surface area contributed by atoms with Gasteiger partial charge in [-0.1, -0.05) is 13.8 Å². The fourth-order valence-electron chi connectivity index (χ4n) is 2.14. The first-order valence-electron chi connectivity index (χ1n) is 6.82. The van der Waals surface area contributed by atoms with E-state index in [1.165, 1.54) is 36.4 Å². The lowest BCUT2D eigenvalue weighted by Crippen LogP contribution is -2.40. The molecule has 1 aliphatic rings. The molecule has 2 rings (SSSR count). The molecule has 0 saturated carbocycles. The number of carbonyl (C=O) groups is 2. The van der Waals surface area contributed by atoms with Crippen LogP contribution in [0.1, 0.15) is 19.4 Å². The Balaban J connectivity index is 2.10. The van der Waals surface area contributed by atoms with Crippen molar-refractivity contribution in [2.45, 2.75) is 19.9 Å². The summed E-state index contributed by atoms with van der Waals surface area (Å²) in [5.74, 6) is -0.359. The van der Waals surface area contributed by atoms with Gasteiger partial charge in [-0.2, -0.15) is 0 Å². The zero-order chi connectivity index (χ0) is 16.3. The van der Waals surface area contributed by atoms with Crippen LogP contribution in [0.5, 0.6) is 0 Å². The lowest BCUT2D eigenvalue weighted by Gasteiger charge is -2.20. The van der Waals surface area contributed by atoms with E-state index in [9.17, 15) is 19.7 Å². The maximum atomic E-state index is 12.1. The number of ether oxygens (including phenoxy) is 1. The second kappa shape index (κ2) is 6.38. The van der Waals surface area contributed by atoms with Crippen molar-refractivity contribution in [2.24, 2.45) is 5.92 Å². The molecule has 2 amide bonds. The number of rotatable bonds is 4. The molecular formula is C15H16N2O5. The molecule has 1 aliphatic heterocycles. The van der Waals surface area contributed by atoms with Crippen molar-refractivity contribution in [2.75, 3.05) is 6.61 Å². The molecule has 1 atom stereocenters. The second-order valence-electron chi connectivity index (χ2n) is 5.28. The number of nitro benzene ring substituents is 1. The van der Waals surface area contributed by atoms with Crippen LogP contribution in [0.25, 0.3) is 6.08 Å². The molecule has 0 aromatic heterocycles. The summed E-state index contributed by atoms with van der Waals surface area (Å²) >= 11 is 0. The summed E-state index contributed by atoms with van der Waals surface area (Å²) in [6.07, 6.45) is 2.13. The van der Waals surface area contributed by atoms with E-state index < -0.39 is 16.9 Å². The average Bonchev–Trinajstić information content (AvgIpc) is 2.87. The van der Waals surface area contributed by atoms with E-state index in [1.54, 1.807) is 0 Å². The minimum Gasteiger partial charge on any atom is -0.447 e. The van der Waals surface area contributed by atoms with Crippen LogP contribution in [0, 0.1) is 16.0 Å². The number of hydrogen-bond donors (Lipinski definition) is 0. The van der Waals surface area contributed by atoms with Crippen LogP contribution in [0.4, 0.5) is 10.5 Å². The Morgan fingerprint density at radius 1 is 1.41 bits per heavy atom. The summed E-state index contributed by atoms with van der Waals surface area (Å²) in [7, 11) is 0. The Hall–Kier alpha value is -2.70. The molecule has 0 bridgehead atoms. The first kappa shape index (κ1) is 15.7. The zero-order valence-corrected chi connectivity index (χ0v) is 12.3. The number of cyclic esters (lactones) is 1. The first-order valence-corrected chi connectivity index (χ1v) is 6.82. The number of benzene rings is 1. The molecule has 1 fully saturated rings. The quantitative estimate of drug-likeness (QED) is 0.484. The van der Waals surface area contributed by atoms with E-state index >= 15 is 0 Å². The van der Waals surface area contributed by atoms with Crippen molar-refractivity contribution in [3.8, 4) is 0 Å². The van der Waals surface area contributed by atoms with Gasteiger partial charge < -0.3 is 4.74 Å². The van der Waals surface area contributed by atoms with Gasteiger partial charge >= 0.3 is 6.09 Å². The number of amides is 2. The fraction of sp³-hybridized carbons (Fsp3) is 0.333. The van der Waals surface area contributed by atoms with Crippen LogP contribution in [0.3, 0.4) is 0 Å². The molecule has 1 saturated heterocycles. The van der Waals surface area contributed by atoms with Gasteiger partial charge in [0.05, 0.1) is 11.0 Å². The van der Waals surface area contributed by atoms with Gasteiger partial charge in [-0.25, -0.2) is 9.69 Å². The van der Waals surface area contributed by atoms with Crippen LogP contribution in [-0.2, 0) is 9.53 Å². The average molecular weight is 304 g/mol. The number of nitro groups is 1. The topological polar surface area (TPSA) is 89.8 Å². The Labute approximate surface area is 127 Å². The Kier molecular flexibility index (Phi) is 4.55. The van der Waals surface area contributed by atoms with E-state index in [0.29, 0.717) is 5.56 Å². The van der Waals surface area contributed by atoms with E-state index in [4.69, 9.17) is 4.74 Å². The van der Waals surface area contributed by atoms with Gasteiger partial charge in [0.1, 0.15) is 6.61 Å². The van der Waals surface area contributed by atoms with Crippen LogP contribution in [-0.4, -0.2) is 34.5 Å². The van der Waals surface area contributed by atoms with Gasteiger partial charge in [0, 0.05) is 18.2 Å². The predicted octanol–water partition coefficient (Wildman–Crippen LogP) is 2.61. The highest BCUT2D eigenvalue weighted by molar-refractivity contribution is 6.02. The molecule has 1 aromatic rings. The molecule has 22 heavy (non-hydrogen) atoms. The molecule has 7 heteroatoms. The molecule has 1 heterocycles. The molecule has 0 aliphatic carbocycles. The maximum Gasteiger partial charge on any atom is 0.417 e. The van der Waals surface area contributed by atoms with Crippen molar-refractivity contribution >= 4 is 23.8 Å². The van der Waals surface area contributed by atoms with Gasteiger partial charge in [-0.15, -0.1) is 0 Å². The van der Waals surface area contributed by atoms with Crippen LogP contribution in [0.2, 0.25) is 0 Å². The highest BCUT2D eigenvalue weighted by atomic mass is 16.6. The summed E-state index contributed by atoms with van der Waals surface area (Å²) < 4.78 is 4.91. The third-order valence-electron chi connectivity index (χ3n) is 3.44. The summed E-state index contributed by atoms with van der Waals surface area (Å²) in [4.78, 5) is 35.0. The van der Waals surface area contributed by atoms with Gasteiger partial charge in [-0.05, 0) is 29.7 Å². The minimum absolute atomic E-state index is 0.0218. The predicted molar refractivity (Wildman–Crippen MR) is 79.0 cm³/mol. The van der Waals surface area contributed by atoms with Gasteiger partial charge in [0.25, 0.3) is 11.6 Å². The van der Waals surface area contributed by atoms with Gasteiger partial charge in [0.15, 0.2) is 0 Å². The van der Waals surface area contributed by atoms with Crippen LogP contribution < -0.4 is 0 Å². The number of nitrogens with zero attached hydrogens (tertiary/aromatic N) is 2. The lowest BCUT2D eigenvalue weighted by atomic mass is 10.0. The summed E-state index contributed by atoms with van der Waals surface area (Å²) in [5, 5.41) is 10.6. The van der Waals surface area contributed by atoms with E-state index in [-0.39, 0.29) is 24.3 Å². The van der Waals surface area contributed by atoms with E-state index in [2.05, 4.69) is 0 Å². The molecule has 0 spiro atoms. The highest BCUT2D eigenvalue weighted by Crippen LogP contribution is 2.20. The largest absolute Gasteiger partial charge is 0.447 e. The van der Waals surface area contributed by atoms with Crippen molar-refractivity contribution in [1.82, 2.24) is 4.90 Å². The molecule has 0 N–H and O–H groups in total. The monoisotopic (exact) mass is 304 g/mol. The number of imide groups is 1. The number of non-ortho nitro benzene ring substituents is 1. The number of hydrogen-bond acceptors (Lipinski definition) is 5. The maximum absolute atomic E-state index is 12.1. The first-order chi connectivity index (χ1) is 10.4. The molecule has 7 nitrogen and oxygen atoms in total. The smallest absolute Gasteiger partial charge is 0.417 e. The van der Waals surface area contributed by atoms with E-state index in [0.717, 1.165) is 4.90 Å². The lowest BCUT2D eigenvalue weighted by molar-refractivity contribution is -0.384. The van der Waals surface area contributed by atoms with E-state index in [1.807, 2.05) is 13.8 Å². The SMILES string of the molecule is CC(C)[C@H]1COC(=O)N1C(=O)C=Cc1ccc([N+](=O)[O-])cc1. The molecule has 116 valence electrons. The highest BCUT2D eigenvalue weighted by Gasteiger charge is 2.38. The summed E-state index contributed by atoms with van der Waals surface area (Å²) in [5.41, 5.74) is 0.610. The second-order valence-corrected chi connectivity index (χ2v) is 5.28. The summed E-state index contributed by atoms with van der Waals surface area (Å²) in [6, 6.07) is 5.49. The van der Waals surface area contributed by atoms with Gasteiger partial charge in [0.2, 0.25) is 0 Å². The number of carbonyl (C=O) groups excluding carboxylic acids is 2. The van der Waals surface area contributed by atoms with Crippen molar-refractivity contribution in [3.05, 3.63) is 46.0 Å². The Bertz CT molecular complexity index is 621. The zero-order valence-electron chi connectivity index (χ0n) is 12.3. The van der Waals surface area contributed by atoms with Gasteiger partial charge in [-0.3, -0.25) is 14.9 Å². The Morgan fingerprint density at radius 3 is 2.59 bits per heavy atom. The normalized spacial score (nSPS) is 18.0. The third kappa shape index (κ3) is 3.30. The summed E-state index contributed by atoms with van der Waals surface area (Å²) in [6.45, 7) is 4.02. The molecular weight excluding hydrogens is 288 g/mol. The fourth-order valence-corrected chi connectivity index (χ4v) is 2.14. The van der Waals surface area contributed by atoms with Crippen LogP contribution in [0.15, 0.2) is 30.3 Å². The van der Waals surface area contributed by atoms with Crippen LogP contribution >= 0.6 is 0 Å². The third-order valence-corrected chi connectivity index (χ3v) is 3.44. The minimum atomic E-state index is -0.642. The van der Waals surface area contributed by atoms with Crippen molar-refractivity contribution in [3.63, 3.8) is 0 Å².